The fourth-order valence-electron chi connectivity index (χ4n) is 4.50. The minimum absolute atomic E-state index is 0.414. The number of likely N-dealkylation sites (tertiary alicyclic amines) is 1. The van der Waals surface area contributed by atoms with E-state index in [1.165, 1.54) is 30.5 Å². The van der Waals surface area contributed by atoms with Gasteiger partial charge in [0.25, 0.3) is 0 Å². The predicted molar refractivity (Wildman–Crippen MR) is 108 cm³/mol. The Bertz CT molecular complexity index is 964. The fraction of sp³-hybridized carbons (Fsp3) is 0.600. The van der Waals surface area contributed by atoms with Crippen LogP contribution in [0, 0.1) is 0 Å². The number of aryl methyl sites for hydroxylation is 1. The molecular formula is C20H28N8. The average Bonchev–Trinajstić information content (AvgIpc) is 3.33. The second kappa shape index (κ2) is 7.16. The van der Waals surface area contributed by atoms with Gasteiger partial charge in [0, 0.05) is 44.4 Å². The second-order valence-corrected chi connectivity index (χ2v) is 8.26. The molecule has 8 heteroatoms. The normalized spacial score (nSPS) is 18.5. The van der Waals surface area contributed by atoms with Crippen molar-refractivity contribution < 1.29 is 0 Å². The van der Waals surface area contributed by atoms with E-state index in [0.717, 1.165) is 56.3 Å². The Kier molecular flexibility index (Phi) is 4.50. The highest BCUT2D eigenvalue weighted by molar-refractivity contribution is 5.45. The lowest BCUT2D eigenvalue weighted by molar-refractivity contribution is 0.200. The minimum Gasteiger partial charge on any atom is -0.361 e. The first kappa shape index (κ1) is 17.6. The predicted octanol–water partition coefficient (Wildman–Crippen LogP) is 2.10. The molecular weight excluding hydrogens is 352 g/mol. The van der Waals surface area contributed by atoms with Crippen LogP contribution in [0.5, 0.6) is 0 Å². The van der Waals surface area contributed by atoms with Gasteiger partial charge in [-0.3, -0.25) is 9.58 Å². The molecule has 0 saturated carbocycles. The summed E-state index contributed by atoms with van der Waals surface area (Å²) in [4.78, 5) is 4.57. The highest BCUT2D eigenvalue weighted by atomic mass is 15.4. The molecule has 3 aromatic rings. The van der Waals surface area contributed by atoms with E-state index in [9.17, 15) is 0 Å². The van der Waals surface area contributed by atoms with Gasteiger partial charge in [0.1, 0.15) is 5.82 Å². The summed E-state index contributed by atoms with van der Waals surface area (Å²) in [6.45, 7) is 4.26. The van der Waals surface area contributed by atoms with Crippen LogP contribution in [-0.4, -0.2) is 61.7 Å². The standard InChI is InChI=1S/C20H28N8/c1-25(2)19-7-6-18-22-23-20(28(18)24-19)15-8-11-26(12-9-15)14-16-13-21-27-10-4-3-5-17(16)27/h6-7,13,15H,3-5,8-12,14H2,1-2H3. The van der Waals surface area contributed by atoms with Crippen LogP contribution in [-0.2, 0) is 19.5 Å². The van der Waals surface area contributed by atoms with Gasteiger partial charge in [-0.25, -0.2) is 0 Å². The Balaban J connectivity index is 1.28. The van der Waals surface area contributed by atoms with E-state index in [-0.39, 0.29) is 0 Å². The molecule has 0 N–H and O–H groups in total. The van der Waals surface area contributed by atoms with Gasteiger partial charge in [-0.05, 0) is 57.3 Å². The van der Waals surface area contributed by atoms with Crippen molar-refractivity contribution in [3.8, 4) is 0 Å². The molecule has 0 aromatic carbocycles. The molecule has 0 unspecified atom stereocenters. The molecule has 1 saturated heterocycles. The molecule has 0 aliphatic carbocycles. The van der Waals surface area contributed by atoms with Gasteiger partial charge < -0.3 is 4.90 Å². The van der Waals surface area contributed by atoms with Crippen molar-refractivity contribution in [2.24, 2.45) is 0 Å². The molecule has 0 spiro atoms. The summed E-state index contributed by atoms with van der Waals surface area (Å²) in [5.74, 6) is 2.34. The third kappa shape index (κ3) is 3.15. The molecule has 0 atom stereocenters. The molecule has 1 fully saturated rings. The highest BCUT2D eigenvalue weighted by Crippen LogP contribution is 2.29. The lowest BCUT2D eigenvalue weighted by Gasteiger charge is -2.31. The lowest BCUT2D eigenvalue weighted by Crippen LogP contribution is -2.33. The minimum atomic E-state index is 0.414. The third-order valence-electron chi connectivity index (χ3n) is 6.15. The Morgan fingerprint density at radius 2 is 1.93 bits per heavy atom. The number of rotatable bonds is 4. The van der Waals surface area contributed by atoms with Crippen LogP contribution < -0.4 is 4.90 Å². The fourth-order valence-corrected chi connectivity index (χ4v) is 4.50. The number of piperidine rings is 1. The van der Waals surface area contributed by atoms with Crippen LogP contribution in [0.3, 0.4) is 0 Å². The summed E-state index contributed by atoms with van der Waals surface area (Å²) in [5.41, 5.74) is 3.70. The van der Waals surface area contributed by atoms with Crippen molar-refractivity contribution in [3.63, 3.8) is 0 Å². The molecule has 5 rings (SSSR count). The van der Waals surface area contributed by atoms with Gasteiger partial charge in [0.05, 0.1) is 6.20 Å². The molecule has 3 aromatic heterocycles. The van der Waals surface area contributed by atoms with Gasteiger partial charge in [-0.1, -0.05) is 0 Å². The summed E-state index contributed by atoms with van der Waals surface area (Å²) >= 11 is 0. The van der Waals surface area contributed by atoms with Gasteiger partial charge in [0.15, 0.2) is 11.5 Å². The molecule has 148 valence electrons. The van der Waals surface area contributed by atoms with Crippen LogP contribution in [0.25, 0.3) is 5.65 Å². The number of aromatic nitrogens is 6. The van der Waals surface area contributed by atoms with Gasteiger partial charge >= 0.3 is 0 Å². The van der Waals surface area contributed by atoms with Crippen LogP contribution >= 0.6 is 0 Å². The van der Waals surface area contributed by atoms with Gasteiger partial charge in [0.2, 0.25) is 0 Å². The summed E-state index contributed by atoms with van der Waals surface area (Å²) < 4.78 is 4.14. The van der Waals surface area contributed by atoms with E-state index in [0.29, 0.717) is 5.92 Å². The average molecular weight is 381 g/mol. The van der Waals surface area contributed by atoms with E-state index in [1.807, 2.05) is 35.6 Å². The number of nitrogens with zero attached hydrogens (tertiary/aromatic N) is 8. The van der Waals surface area contributed by atoms with Crippen molar-refractivity contribution in [2.75, 3.05) is 32.1 Å². The third-order valence-corrected chi connectivity index (χ3v) is 6.15. The van der Waals surface area contributed by atoms with Crippen LogP contribution in [0.4, 0.5) is 5.82 Å². The maximum Gasteiger partial charge on any atom is 0.178 e. The van der Waals surface area contributed by atoms with Crippen molar-refractivity contribution in [1.82, 2.24) is 34.5 Å². The zero-order valence-electron chi connectivity index (χ0n) is 16.8. The quantitative estimate of drug-likeness (QED) is 0.691. The molecule has 2 aliphatic heterocycles. The van der Waals surface area contributed by atoms with Crippen LogP contribution in [0.2, 0.25) is 0 Å². The van der Waals surface area contributed by atoms with E-state index in [4.69, 9.17) is 5.10 Å². The van der Waals surface area contributed by atoms with Crippen LogP contribution in [0.15, 0.2) is 18.3 Å². The summed E-state index contributed by atoms with van der Waals surface area (Å²) in [7, 11) is 4.01. The summed E-state index contributed by atoms with van der Waals surface area (Å²) in [6.07, 6.45) is 8.01. The Labute approximate surface area is 165 Å². The number of hydrogen-bond acceptors (Lipinski definition) is 6. The molecule has 2 aliphatic rings. The molecule has 5 heterocycles. The Morgan fingerprint density at radius 3 is 2.75 bits per heavy atom. The molecule has 0 amide bonds. The van der Waals surface area contributed by atoms with Crippen LogP contribution in [0.1, 0.15) is 48.7 Å². The number of hydrogen-bond donors (Lipinski definition) is 0. The SMILES string of the molecule is CN(C)c1ccc2nnc(C3CCN(Cc4cnn5c4CCCC5)CC3)n2n1. The van der Waals surface area contributed by atoms with E-state index < -0.39 is 0 Å². The first-order chi connectivity index (χ1) is 13.7. The highest BCUT2D eigenvalue weighted by Gasteiger charge is 2.26. The van der Waals surface area contributed by atoms with Crippen molar-refractivity contribution >= 4 is 11.5 Å². The maximum absolute atomic E-state index is 4.73. The number of fused-ring (bicyclic) bond motifs is 2. The maximum atomic E-state index is 4.73. The Hall–Kier alpha value is -2.48. The Morgan fingerprint density at radius 1 is 1.07 bits per heavy atom. The monoisotopic (exact) mass is 380 g/mol. The zero-order valence-corrected chi connectivity index (χ0v) is 16.8. The number of anilines is 1. The summed E-state index contributed by atoms with van der Waals surface area (Å²) in [5, 5.41) is 18.1. The van der Waals surface area contributed by atoms with Crippen molar-refractivity contribution in [2.45, 2.75) is 51.1 Å². The molecule has 0 bridgehead atoms. The van der Waals surface area contributed by atoms with E-state index >= 15 is 0 Å². The van der Waals surface area contributed by atoms with Crippen molar-refractivity contribution in [3.05, 3.63) is 35.4 Å². The second-order valence-electron chi connectivity index (χ2n) is 8.26. The molecule has 8 nitrogen and oxygen atoms in total. The van der Waals surface area contributed by atoms with Gasteiger partial charge in [-0.2, -0.15) is 9.61 Å². The summed E-state index contributed by atoms with van der Waals surface area (Å²) in [6, 6.07) is 3.99. The first-order valence-electron chi connectivity index (χ1n) is 10.3. The molecule has 28 heavy (non-hydrogen) atoms. The first-order valence-corrected chi connectivity index (χ1v) is 10.3. The van der Waals surface area contributed by atoms with E-state index in [1.54, 1.807) is 0 Å². The lowest BCUT2D eigenvalue weighted by atomic mass is 9.95. The van der Waals surface area contributed by atoms with Gasteiger partial charge in [-0.15, -0.1) is 15.3 Å². The smallest absolute Gasteiger partial charge is 0.178 e. The largest absolute Gasteiger partial charge is 0.361 e. The molecule has 0 radical (unpaired) electrons. The zero-order chi connectivity index (χ0) is 19.1. The van der Waals surface area contributed by atoms with Crippen molar-refractivity contribution in [1.29, 1.82) is 0 Å². The topological polar surface area (TPSA) is 67.4 Å². The van der Waals surface area contributed by atoms with E-state index in [2.05, 4.69) is 31.1 Å².